The van der Waals surface area contributed by atoms with E-state index in [0.29, 0.717) is 39.1 Å². The number of carbonyl (C=O) groups is 1. The SMILES string of the molecule is CC(=O)N1CCCN(S(=O)(=O)c2ccc(CN)cc2)CC1. The predicted octanol–water partition coefficient (Wildman–Crippen LogP) is 0.388. The van der Waals surface area contributed by atoms with Gasteiger partial charge in [-0.1, -0.05) is 12.1 Å². The normalized spacial score (nSPS) is 17.5. The van der Waals surface area contributed by atoms with Crippen LogP contribution in [0.5, 0.6) is 0 Å². The summed E-state index contributed by atoms with van der Waals surface area (Å²) in [4.78, 5) is 13.4. The third-order valence-corrected chi connectivity index (χ3v) is 5.61. The summed E-state index contributed by atoms with van der Waals surface area (Å²) in [7, 11) is -3.50. The van der Waals surface area contributed by atoms with Crippen molar-refractivity contribution >= 4 is 15.9 Å². The van der Waals surface area contributed by atoms with Crippen LogP contribution in [0.3, 0.4) is 0 Å². The molecule has 1 heterocycles. The summed E-state index contributed by atoms with van der Waals surface area (Å²) in [6.07, 6.45) is 0.652. The molecule has 0 bridgehead atoms. The number of amides is 1. The van der Waals surface area contributed by atoms with E-state index < -0.39 is 10.0 Å². The van der Waals surface area contributed by atoms with E-state index in [-0.39, 0.29) is 10.8 Å². The maximum atomic E-state index is 12.6. The van der Waals surface area contributed by atoms with Gasteiger partial charge in [0.05, 0.1) is 4.90 Å². The maximum Gasteiger partial charge on any atom is 0.243 e. The Morgan fingerprint density at radius 3 is 2.38 bits per heavy atom. The van der Waals surface area contributed by atoms with Crippen molar-refractivity contribution in [2.24, 2.45) is 5.73 Å². The highest BCUT2D eigenvalue weighted by Gasteiger charge is 2.27. The fourth-order valence-corrected chi connectivity index (χ4v) is 3.87. The second kappa shape index (κ2) is 6.55. The molecule has 6 nitrogen and oxygen atoms in total. The van der Waals surface area contributed by atoms with Crippen LogP contribution in [0.1, 0.15) is 18.9 Å². The lowest BCUT2D eigenvalue weighted by Gasteiger charge is -2.21. The molecule has 0 atom stereocenters. The molecule has 1 aromatic rings. The lowest BCUT2D eigenvalue weighted by molar-refractivity contribution is -0.128. The van der Waals surface area contributed by atoms with Gasteiger partial charge >= 0.3 is 0 Å². The monoisotopic (exact) mass is 311 g/mol. The molecule has 1 aliphatic heterocycles. The van der Waals surface area contributed by atoms with Gasteiger partial charge in [0.2, 0.25) is 15.9 Å². The standard InChI is InChI=1S/C14H21N3O3S/c1-12(18)16-7-2-8-17(10-9-16)21(19,20)14-5-3-13(11-15)4-6-14/h3-6H,2,7-11,15H2,1H3. The summed E-state index contributed by atoms with van der Waals surface area (Å²) in [6.45, 7) is 3.71. The van der Waals surface area contributed by atoms with Crippen LogP contribution in [0.15, 0.2) is 29.2 Å². The molecule has 7 heteroatoms. The maximum absolute atomic E-state index is 12.6. The molecule has 1 aliphatic rings. The van der Waals surface area contributed by atoms with Gasteiger partial charge in [0.1, 0.15) is 0 Å². The van der Waals surface area contributed by atoms with Gasteiger partial charge in [0.25, 0.3) is 0 Å². The van der Waals surface area contributed by atoms with E-state index in [0.717, 1.165) is 5.56 Å². The van der Waals surface area contributed by atoms with Crippen molar-refractivity contribution < 1.29 is 13.2 Å². The molecule has 0 unspecified atom stereocenters. The molecule has 0 spiro atoms. The highest BCUT2D eigenvalue weighted by atomic mass is 32.2. The molecule has 0 radical (unpaired) electrons. The van der Waals surface area contributed by atoms with Crippen LogP contribution in [0.25, 0.3) is 0 Å². The zero-order valence-electron chi connectivity index (χ0n) is 12.2. The average molecular weight is 311 g/mol. The van der Waals surface area contributed by atoms with Crippen molar-refractivity contribution in [3.8, 4) is 0 Å². The first-order valence-corrected chi connectivity index (χ1v) is 8.44. The molecule has 1 aromatic carbocycles. The Kier molecular flexibility index (Phi) is 4.97. The first-order chi connectivity index (χ1) is 9.95. The van der Waals surface area contributed by atoms with E-state index in [1.54, 1.807) is 29.2 Å². The van der Waals surface area contributed by atoms with Crippen LogP contribution >= 0.6 is 0 Å². The van der Waals surface area contributed by atoms with Gasteiger partial charge in [-0.15, -0.1) is 0 Å². The Labute approximate surface area is 125 Å². The zero-order chi connectivity index (χ0) is 15.5. The Balaban J connectivity index is 2.16. The van der Waals surface area contributed by atoms with Crippen LogP contribution in [0, 0.1) is 0 Å². The van der Waals surface area contributed by atoms with Crippen LogP contribution < -0.4 is 5.73 Å². The molecule has 1 saturated heterocycles. The van der Waals surface area contributed by atoms with E-state index in [1.807, 2.05) is 0 Å². The zero-order valence-corrected chi connectivity index (χ0v) is 13.0. The minimum absolute atomic E-state index is 0.0125. The third kappa shape index (κ3) is 3.61. The largest absolute Gasteiger partial charge is 0.342 e. The number of carbonyl (C=O) groups excluding carboxylic acids is 1. The lowest BCUT2D eigenvalue weighted by atomic mass is 10.2. The van der Waals surface area contributed by atoms with E-state index in [1.165, 1.54) is 11.2 Å². The van der Waals surface area contributed by atoms with E-state index >= 15 is 0 Å². The summed E-state index contributed by atoms with van der Waals surface area (Å²) < 4.78 is 26.7. The fraction of sp³-hybridized carbons (Fsp3) is 0.500. The van der Waals surface area contributed by atoms with Crippen LogP contribution in [0.4, 0.5) is 0 Å². The van der Waals surface area contributed by atoms with Crippen molar-refractivity contribution in [1.29, 1.82) is 0 Å². The summed E-state index contributed by atoms with van der Waals surface area (Å²) in [5, 5.41) is 0. The summed E-state index contributed by atoms with van der Waals surface area (Å²) in [5.74, 6) is -0.0125. The molecule has 21 heavy (non-hydrogen) atoms. The van der Waals surface area contributed by atoms with Gasteiger partial charge in [-0.2, -0.15) is 4.31 Å². The molecular formula is C14H21N3O3S. The number of benzene rings is 1. The van der Waals surface area contributed by atoms with Gasteiger partial charge < -0.3 is 10.6 Å². The predicted molar refractivity (Wildman–Crippen MR) is 80.0 cm³/mol. The van der Waals surface area contributed by atoms with E-state index in [9.17, 15) is 13.2 Å². The number of nitrogens with two attached hydrogens (primary N) is 1. The first kappa shape index (κ1) is 15.9. The summed E-state index contributed by atoms with van der Waals surface area (Å²) in [5.41, 5.74) is 6.41. The highest BCUT2D eigenvalue weighted by molar-refractivity contribution is 7.89. The van der Waals surface area contributed by atoms with Gasteiger partial charge in [-0.05, 0) is 24.1 Å². The molecule has 1 amide bonds. The second-order valence-electron chi connectivity index (χ2n) is 5.11. The molecule has 2 rings (SSSR count). The van der Waals surface area contributed by atoms with Gasteiger partial charge in [0, 0.05) is 39.6 Å². The summed E-state index contributed by atoms with van der Waals surface area (Å²) >= 11 is 0. The molecule has 0 aliphatic carbocycles. The third-order valence-electron chi connectivity index (χ3n) is 3.70. The smallest absolute Gasteiger partial charge is 0.243 e. The fourth-order valence-electron chi connectivity index (χ4n) is 2.40. The highest BCUT2D eigenvalue weighted by Crippen LogP contribution is 2.18. The van der Waals surface area contributed by atoms with Crippen molar-refractivity contribution in [1.82, 2.24) is 9.21 Å². The van der Waals surface area contributed by atoms with E-state index in [4.69, 9.17) is 5.73 Å². The van der Waals surface area contributed by atoms with Crippen molar-refractivity contribution in [2.75, 3.05) is 26.2 Å². The van der Waals surface area contributed by atoms with Crippen molar-refractivity contribution in [3.05, 3.63) is 29.8 Å². The number of hydrogen-bond acceptors (Lipinski definition) is 4. The Bertz CT molecular complexity index is 598. The number of nitrogens with zero attached hydrogens (tertiary/aromatic N) is 2. The minimum Gasteiger partial charge on any atom is -0.342 e. The topological polar surface area (TPSA) is 83.7 Å². The number of rotatable bonds is 3. The summed E-state index contributed by atoms with van der Waals surface area (Å²) in [6, 6.07) is 6.63. The molecule has 0 aromatic heterocycles. The van der Waals surface area contributed by atoms with Gasteiger partial charge in [0.15, 0.2) is 0 Å². The van der Waals surface area contributed by atoms with Crippen LogP contribution in [0.2, 0.25) is 0 Å². The van der Waals surface area contributed by atoms with Gasteiger partial charge in [-0.25, -0.2) is 8.42 Å². The molecule has 1 fully saturated rings. The number of hydrogen-bond donors (Lipinski definition) is 1. The molecular weight excluding hydrogens is 290 g/mol. The van der Waals surface area contributed by atoms with Crippen molar-refractivity contribution in [3.63, 3.8) is 0 Å². The Morgan fingerprint density at radius 2 is 1.81 bits per heavy atom. The van der Waals surface area contributed by atoms with E-state index in [2.05, 4.69) is 0 Å². The number of sulfonamides is 1. The Morgan fingerprint density at radius 1 is 1.14 bits per heavy atom. The van der Waals surface area contributed by atoms with Crippen LogP contribution in [-0.4, -0.2) is 49.7 Å². The first-order valence-electron chi connectivity index (χ1n) is 7.00. The minimum atomic E-state index is -3.50. The molecule has 2 N–H and O–H groups in total. The average Bonchev–Trinajstić information content (AvgIpc) is 2.73. The quantitative estimate of drug-likeness (QED) is 0.875. The van der Waals surface area contributed by atoms with Crippen molar-refractivity contribution in [2.45, 2.75) is 24.8 Å². The molecule has 116 valence electrons. The second-order valence-corrected chi connectivity index (χ2v) is 7.05. The van der Waals surface area contributed by atoms with Gasteiger partial charge in [-0.3, -0.25) is 4.79 Å². The molecule has 0 saturated carbocycles. The Hall–Kier alpha value is -1.44. The van der Waals surface area contributed by atoms with Crippen LogP contribution in [-0.2, 0) is 21.4 Å². The lowest BCUT2D eigenvalue weighted by Crippen LogP contribution is -2.36.